The van der Waals surface area contributed by atoms with Crippen molar-refractivity contribution in [2.75, 3.05) is 5.73 Å². The molecule has 16 heavy (non-hydrogen) atoms. The van der Waals surface area contributed by atoms with Crippen LogP contribution in [0, 0.1) is 5.92 Å². The molecule has 2 rings (SSSR count). The molecular weight excluding hydrogens is 198 g/mol. The summed E-state index contributed by atoms with van der Waals surface area (Å²) in [5.74, 6) is 2.24. The van der Waals surface area contributed by atoms with Gasteiger partial charge in [-0.3, -0.25) is 0 Å². The van der Waals surface area contributed by atoms with E-state index in [1.165, 1.54) is 30.5 Å². The first-order valence-corrected chi connectivity index (χ1v) is 6.31. The molecule has 0 radical (unpaired) electrons. The molecule has 0 saturated heterocycles. The first kappa shape index (κ1) is 11.4. The van der Waals surface area contributed by atoms with Crippen LogP contribution in [0.1, 0.15) is 50.2 Å². The molecule has 0 fully saturated rings. The van der Waals surface area contributed by atoms with Crippen molar-refractivity contribution in [2.24, 2.45) is 5.92 Å². The minimum atomic E-state index is 0.586. The first-order chi connectivity index (χ1) is 7.66. The van der Waals surface area contributed by atoms with Gasteiger partial charge in [0.15, 0.2) is 0 Å². The van der Waals surface area contributed by atoms with Crippen LogP contribution >= 0.6 is 0 Å². The molecule has 0 spiro atoms. The molecule has 3 nitrogen and oxygen atoms in total. The number of rotatable bonds is 2. The maximum atomic E-state index is 6.04. The summed E-state index contributed by atoms with van der Waals surface area (Å²) in [7, 11) is 0. The third-order valence-corrected chi connectivity index (χ3v) is 3.10. The van der Waals surface area contributed by atoms with Crippen LogP contribution in [0.2, 0.25) is 0 Å². The second kappa shape index (κ2) is 4.81. The first-order valence-electron chi connectivity index (χ1n) is 6.31. The van der Waals surface area contributed by atoms with Crippen LogP contribution < -0.4 is 5.73 Å². The number of hydrogen-bond acceptors (Lipinski definition) is 3. The molecule has 1 aromatic heterocycles. The summed E-state index contributed by atoms with van der Waals surface area (Å²) in [5, 5.41) is 0. The number of nitrogens with two attached hydrogens (primary N) is 1. The Bertz CT molecular complexity index is 372. The maximum Gasteiger partial charge on any atom is 0.131 e. The molecule has 0 unspecified atom stereocenters. The minimum absolute atomic E-state index is 0.586. The minimum Gasteiger partial charge on any atom is -0.383 e. The molecule has 0 saturated carbocycles. The number of anilines is 1. The van der Waals surface area contributed by atoms with Gasteiger partial charge in [0.2, 0.25) is 0 Å². The van der Waals surface area contributed by atoms with Gasteiger partial charge in [-0.05, 0) is 31.6 Å². The summed E-state index contributed by atoms with van der Waals surface area (Å²) in [6.07, 6.45) is 6.82. The average molecular weight is 219 g/mol. The molecule has 0 aromatic carbocycles. The summed E-state index contributed by atoms with van der Waals surface area (Å²) in [5.41, 5.74) is 8.46. The zero-order valence-corrected chi connectivity index (χ0v) is 10.3. The molecule has 1 aliphatic carbocycles. The zero-order valence-electron chi connectivity index (χ0n) is 10.3. The Kier molecular flexibility index (Phi) is 3.42. The summed E-state index contributed by atoms with van der Waals surface area (Å²) < 4.78 is 0. The predicted octanol–water partition coefficient (Wildman–Crippen LogP) is 2.53. The highest BCUT2D eigenvalue weighted by Gasteiger charge is 2.15. The third kappa shape index (κ3) is 2.52. The van der Waals surface area contributed by atoms with E-state index in [0.717, 1.165) is 30.9 Å². The number of nitrogens with zero attached hydrogens (tertiary/aromatic N) is 2. The Balaban J connectivity index is 2.32. The van der Waals surface area contributed by atoms with E-state index in [1.807, 2.05) is 0 Å². The summed E-state index contributed by atoms with van der Waals surface area (Å²) in [4.78, 5) is 9.12. The van der Waals surface area contributed by atoms with Crippen LogP contribution in [0.4, 0.5) is 5.82 Å². The molecule has 1 heterocycles. The largest absolute Gasteiger partial charge is 0.383 e. The SMILES string of the molecule is CC(C)Cc1nc(N)c2c(n1)CCCCC2. The van der Waals surface area contributed by atoms with Crippen molar-refractivity contribution >= 4 is 5.82 Å². The number of nitrogen functional groups attached to an aromatic ring is 1. The van der Waals surface area contributed by atoms with Gasteiger partial charge in [-0.2, -0.15) is 0 Å². The number of hydrogen-bond donors (Lipinski definition) is 1. The molecule has 0 amide bonds. The van der Waals surface area contributed by atoms with E-state index in [0.29, 0.717) is 5.92 Å². The van der Waals surface area contributed by atoms with E-state index in [2.05, 4.69) is 23.8 Å². The lowest BCUT2D eigenvalue weighted by Crippen LogP contribution is -2.10. The molecular formula is C13H21N3. The van der Waals surface area contributed by atoms with Gasteiger partial charge < -0.3 is 5.73 Å². The highest BCUT2D eigenvalue weighted by atomic mass is 15.0. The molecule has 88 valence electrons. The summed E-state index contributed by atoms with van der Waals surface area (Å²) >= 11 is 0. The van der Waals surface area contributed by atoms with Gasteiger partial charge in [-0.1, -0.05) is 20.3 Å². The second-order valence-electron chi connectivity index (χ2n) is 5.11. The Morgan fingerprint density at radius 3 is 2.62 bits per heavy atom. The maximum absolute atomic E-state index is 6.04. The van der Waals surface area contributed by atoms with Gasteiger partial charge in [0.25, 0.3) is 0 Å². The van der Waals surface area contributed by atoms with Gasteiger partial charge in [0.1, 0.15) is 11.6 Å². The topological polar surface area (TPSA) is 51.8 Å². The highest BCUT2D eigenvalue weighted by molar-refractivity contribution is 5.43. The number of aryl methyl sites for hydroxylation is 1. The molecule has 0 bridgehead atoms. The molecule has 0 atom stereocenters. The van der Waals surface area contributed by atoms with Gasteiger partial charge in [0, 0.05) is 17.7 Å². The van der Waals surface area contributed by atoms with Crippen molar-refractivity contribution in [3.63, 3.8) is 0 Å². The van der Waals surface area contributed by atoms with Crippen LogP contribution in [0.25, 0.3) is 0 Å². The Morgan fingerprint density at radius 1 is 1.12 bits per heavy atom. The van der Waals surface area contributed by atoms with Gasteiger partial charge in [0.05, 0.1) is 0 Å². The standard InChI is InChI=1S/C13H21N3/c1-9(2)8-12-15-11-7-5-3-4-6-10(11)13(14)16-12/h9H,3-8H2,1-2H3,(H2,14,15,16). The van der Waals surface area contributed by atoms with E-state index in [1.54, 1.807) is 0 Å². The molecule has 3 heteroatoms. The summed E-state index contributed by atoms with van der Waals surface area (Å²) in [6.45, 7) is 4.37. The van der Waals surface area contributed by atoms with Gasteiger partial charge in [-0.15, -0.1) is 0 Å². The molecule has 1 aromatic rings. The Hall–Kier alpha value is -1.12. The quantitative estimate of drug-likeness (QED) is 0.778. The van der Waals surface area contributed by atoms with E-state index in [-0.39, 0.29) is 0 Å². The number of fused-ring (bicyclic) bond motifs is 1. The number of aromatic nitrogens is 2. The van der Waals surface area contributed by atoms with Crippen LogP contribution in [0.15, 0.2) is 0 Å². The second-order valence-corrected chi connectivity index (χ2v) is 5.11. The van der Waals surface area contributed by atoms with Crippen molar-refractivity contribution in [3.05, 3.63) is 17.1 Å². The third-order valence-electron chi connectivity index (χ3n) is 3.10. The van der Waals surface area contributed by atoms with Gasteiger partial charge >= 0.3 is 0 Å². The fourth-order valence-corrected chi connectivity index (χ4v) is 2.31. The van der Waals surface area contributed by atoms with E-state index in [9.17, 15) is 0 Å². The van der Waals surface area contributed by atoms with Crippen molar-refractivity contribution in [2.45, 2.75) is 52.4 Å². The van der Waals surface area contributed by atoms with Crippen LogP contribution in [-0.2, 0) is 19.3 Å². The fourth-order valence-electron chi connectivity index (χ4n) is 2.31. The van der Waals surface area contributed by atoms with Crippen molar-refractivity contribution < 1.29 is 0 Å². The zero-order chi connectivity index (χ0) is 11.5. The normalized spacial score (nSPS) is 15.9. The highest BCUT2D eigenvalue weighted by Crippen LogP contribution is 2.23. The lowest BCUT2D eigenvalue weighted by molar-refractivity contribution is 0.616. The molecule has 2 N–H and O–H groups in total. The fraction of sp³-hybridized carbons (Fsp3) is 0.692. The smallest absolute Gasteiger partial charge is 0.131 e. The Morgan fingerprint density at radius 2 is 1.88 bits per heavy atom. The molecule has 0 aliphatic heterocycles. The lowest BCUT2D eigenvalue weighted by atomic mass is 10.1. The van der Waals surface area contributed by atoms with Crippen LogP contribution in [0.5, 0.6) is 0 Å². The summed E-state index contributed by atoms with van der Waals surface area (Å²) in [6, 6.07) is 0. The van der Waals surface area contributed by atoms with E-state index < -0.39 is 0 Å². The van der Waals surface area contributed by atoms with Crippen molar-refractivity contribution in [1.29, 1.82) is 0 Å². The lowest BCUT2D eigenvalue weighted by Gasteiger charge is -2.11. The predicted molar refractivity (Wildman–Crippen MR) is 66.2 cm³/mol. The van der Waals surface area contributed by atoms with E-state index >= 15 is 0 Å². The Labute approximate surface area is 97.5 Å². The monoisotopic (exact) mass is 219 g/mol. The van der Waals surface area contributed by atoms with Crippen LogP contribution in [0.3, 0.4) is 0 Å². The molecule has 1 aliphatic rings. The van der Waals surface area contributed by atoms with E-state index in [4.69, 9.17) is 5.73 Å². The van der Waals surface area contributed by atoms with Gasteiger partial charge in [-0.25, -0.2) is 9.97 Å². The van der Waals surface area contributed by atoms with Crippen LogP contribution in [-0.4, -0.2) is 9.97 Å². The average Bonchev–Trinajstić information content (AvgIpc) is 2.41. The van der Waals surface area contributed by atoms with Crippen molar-refractivity contribution in [3.8, 4) is 0 Å². The van der Waals surface area contributed by atoms with Crippen molar-refractivity contribution in [1.82, 2.24) is 9.97 Å².